The molecule has 1 atom stereocenters. The van der Waals surface area contributed by atoms with Gasteiger partial charge in [-0.1, -0.05) is 5.16 Å². The molecule has 1 unspecified atom stereocenters. The second-order valence-electron chi connectivity index (χ2n) is 4.16. The number of aromatic nitrogens is 3. The van der Waals surface area contributed by atoms with Crippen LogP contribution in [-0.2, 0) is 4.74 Å². The molecule has 0 fully saturated rings. The molecule has 0 spiro atoms. The lowest BCUT2D eigenvalue weighted by Crippen LogP contribution is -2.16. The van der Waals surface area contributed by atoms with Crippen molar-refractivity contribution in [1.29, 1.82) is 0 Å². The van der Waals surface area contributed by atoms with Crippen LogP contribution in [0.1, 0.15) is 23.3 Å². The molecule has 18 heavy (non-hydrogen) atoms. The first-order valence-corrected chi connectivity index (χ1v) is 5.64. The SMILES string of the molecule is COCC(N)c1nc(-c2cc(C)nc(C)c2)no1. The first-order valence-electron chi connectivity index (χ1n) is 5.64. The molecule has 2 N–H and O–H groups in total. The molecular formula is C12H16N4O2. The van der Waals surface area contributed by atoms with Crippen LogP contribution in [0.5, 0.6) is 0 Å². The van der Waals surface area contributed by atoms with Gasteiger partial charge in [-0.05, 0) is 26.0 Å². The van der Waals surface area contributed by atoms with Crippen LogP contribution in [0.2, 0.25) is 0 Å². The maximum absolute atomic E-state index is 5.82. The molecule has 2 aromatic rings. The van der Waals surface area contributed by atoms with Crippen molar-refractivity contribution < 1.29 is 9.26 Å². The molecule has 2 heterocycles. The van der Waals surface area contributed by atoms with Crippen LogP contribution in [0.15, 0.2) is 16.7 Å². The molecule has 0 aliphatic rings. The Balaban J connectivity index is 2.29. The summed E-state index contributed by atoms with van der Waals surface area (Å²) in [6, 6.07) is 3.41. The maximum Gasteiger partial charge on any atom is 0.246 e. The highest BCUT2D eigenvalue weighted by molar-refractivity contribution is 5.55. The standard InChI is InChI=1S/C12H16N4O2/c1-7-4-9(5-8(2)14-7)11-15-12(18-16-11)10(13)6-17-3/h4-5,10H,6,13H2,1-3H3. The summed E-state index contributed by atoms with van der Waals surface area (Å²) in [5.41, 5.74) is 8.53. The molecule has 2 aromatic heterocycles. The Morgan fingerprint density at radius 3 is 2.56 bits per heavy atom. The van der Waals surface area contributed by atoms with E-state index in [1.54, 1.807) is 7.11 Å². The molecule has 0 aromatic carbocycles. The summed E-state index contributed by atoms with van der Waals surface area (Å²) in [5, 5.41) is 3.92. The Bertz CT molecular complexity index is 518. The molecule has 0 bridgehead atoms. The average Bonchev–Trinajstić information content (AvgIpc) is 2.77. The number of rotatable bonds is 4. The normalized spacial score (nSPS) is 12.7. The van der Waals surface area contributed by atoms with Crippen LogP contribution in [0, 0.1) is 13.8 Å². The minimum Gasteiger partial charge on any atom is -0.383 e. The largest absolute Gasteiger partial charge is 0.383 e. The van der Waals surface area contributed by atoms with E-state index >= 15 is 0 Å². The lowest BCUT2D eigenvalue weighted by molar-refractivity contribution is 0.166. The molecule has 96 valence electrons. The summed E-state index contributed by atoms with van der Waals surface area (Å²) >= 11 is 0. The lowest BCUT2D eigenvalue weighted by Gasteiger charge is -2.03. The van der Waals surface area contributed by atoms with Crippen molar-refractivity contribution in [3.05, 3.63) is 29.4 Å². The van der Waals surface area contributed by atoms with Crippen LogP contribution in [-0.4, -0.2) is 28.8 Å². The second kappa shape index (κ2) is 5.24. The summed E-state index contributed by atoms with van der Waals surface area (Å²) in [5.74, 6) is 0.893. The van der Waals surface area contributed by atoms with E-state index in [4.69, 9.17) is 15.0 Å². The van der Waals surface area contributed by atoms with Gasteiger partial charge in [0.1, 0.15) is 6.04 Å². The van der Waals surface area contributed by atoms with E-state index in [1.165, 1.54) is 0 Å². The monoisotopic (exact) mass is 248 g/mol. The zero-order valence-corrected chi connectivity index (χ0v) is 10.7. The molecule has 0 aliphatic carbocycles. The van der Waals surface area contributed by atoms with Crippen LogP contribution in [0.25, 0.3) is 11.4 Å². The molecule has 0 amide bonds. The fourth-order valence-corrected chi connectivity index (χ4v) is 1.72. The molecular weight excluding hydrogens is 232 g/mol. The van der Waals surface area contributed by atoms with Crippen molar-refractivity contribution in [1.82, 2.24) is 15.1 Å². The number of pyridine rings is 1. The highest BCUT2D eigenvalue weighted by Gasteiger charge is 2.15. The predicted octanol–water partition coefficient (Wildman–Crippen LogP) is 1.39. The molecule has 6 nitrogen and oxygen atoms in total. The quantitative estimate of drug-likeness (QED) is 0.879. The first kappa shape index (κ1) is 12.7. The highest BCUT2D eigenvalue weighted by Crippen LogP contribution is 2.19. The number of nitrogens with zero attached hydrogens (tertiary/aromatic N) is 3. The summed E-state index contributed by atoms with van der Waals surface area (Å²) in [6.07, 6.45) is 0. The fourth-order valence-electron chi connectivity index (χ4n) is 1.72. The summed E-state index contributed by atoms with van der Waals surface area (Å²) in [6.45, 7) is 4.19. The number of nitrogens with two attached hydrogens (primary N) is 1. The van der Waals surface area contributed by atoms with Gasteiger partial charge < -0.3 is 15.0 Å². The second-order valence-corrected chi connectivity index (χ2v) is 4.16. The van der Waals surface area contributed by atoms with Gasteiger partial charge in [-0.25, -0.2) is 0 Å². The summed E-state index contributed by atoms with van der Waals surface area (Å²) < 4.78 is 10.1. The van der Waals surface area contributed by atoms with Gasteiger partial charge >= 0.3 is 0 Å². The Labute approximate surface area is 105 Å². The van der Waals surface area contributed by atoms with E-state index < -0.39 is 6.04 Å². The Hall–Kier alpha value is -1.79. The minimum atomic E-state index is -0.403. The van der Waals surface area contributed by atoms with Crippen molar-refractivity contribution in [3.63, 3.8) is 0 Å². The molecule has 0 saturated carbocycles. The topological polar surface area (TPSA) is 87.1 Å². The molecule has 2 rings (SSSR count). The van der Waals surface area contributed by atoms with E-state index in [0.717, 1.165) is 17.0 Å². The summed E-state index contributed by atoms with van der Waals surface area (Å²) in [4.78, 5) is 8.57. The first-order chi connectivity index (χ1) is 8.60. The van der Waals surface area contributed by atoms with Crippen LogP contribution in [0.3, 0.4) is 0 Å². The van der Waals surface area contributed by atoms with Gasteiger partial charge in [-0.2, -0.15) is 4.98 Å². The number of ether oxygens (including phenoxy) is 1. The zero-order chi connectivity index (χ0) is 13.1. The van der Waals surface area contributed by atoms with E-state index in [1.807, 2.05) is 26.0 Å². The van der Waals surface area contributed by atoms with Crippen LogP contribution >= 0.6 is 0 Å². The third kappa shape index (κ3) is 2.72. The summed E-state index contributed by atoms with van der Waals surface area (Å²) in [7, 11) is 1.58. The third-order valence-electron chi connectivity index (χ3n) is 2.44. The molecule has 6 heteroatoms. The fraction of sp³-hybridized carbons (Fsp3) is 0.417. The average molecular weight is 248 g/mol. The van der Waals surface area contributed by atoms with Gasteiger partial charge in [-0.3, -0.25) is 4.98 Å². The predicted molar refractivity (Wildman–Crippen MR) is 65.8 cm³/mol. The Kier molecular flexibility index (Phi) is 3.69. The van der Waals surface area contributed by atoms with Crippen molar-refractivity contribution in [2.24, 2.45) is 5.73 Å². The van der Waals surface area contributed by atoms with Crippen molar-refractivity contribution in [3.8, 4) is 11.4 Å². The van der Waals surface area contributed by atoms with E-state index in [-0.39, 0.29) is 0 Å². The molecule has 0 aliphatic heterocycles. The molecule has 0 radical (unpaired) electrons. The third-order valence-corrected chi connectivity index (χ3v) is 2.44. The van der Waals surface area contributed by atoms with Gasteiger partial charge in [0.25, 0.3) is 0 Å². The van der Waals surface area contributed by atoms with Gasteiger partial charge in [0.2, 0.25) is 11.7 Å². The van der Waals surface area contributed by atoms with Crippen LogP contribution < -0.4 is 5.73 Å². The molecule has 0 saturated heterocycles. The zero-order valence-electron chi connectivity index (χ0n) is 10.7. The number of methoxy groups -OCH3 is 1. The smallest absolute Gasteiger partial charge is 0.246 e. The Morgan fingerprint density at radius 1 is 1.28 bits per heavy atom. The van der Waals surface area contributed by atoms with Gasteiger partial charge in [-0.15, -0.1) is 0 Å². The van der Waals surface area contributed by atoms with Gasteiger partial charge in [0, 0.05) is 24.1 Å². The van der Waals surface area contributed by atoms with Crippen molar-refractivity contribution in [2.75, 3.05) is 13.7 Å². The van der Waals surface area contributed by atoms with Crippen molar-refractivity contribution >= 4 is 0 Å². The number of hydrogen-bond acceptors (Lipinski definition) is 6. The lowest BCUT2D eigenvalue weighted by atomic mass is 10.2. The Morgan fingerprint density at radius 2 is 1.94 bits per heavy atom. The van der Waals surface area contributed by atoms with Crippen molar-refractivity contribution in [2.45, 2.75) is 19.9 Å². The minimum absolute atomic E-state index is 0.343. The van der Waals surface area contributed by atoms with Crippen LogP contribution in [0.4, 0.5) is 0 Å². The van der Waals surface area contributed by atoms with Gasteiger partial charge in [0.05, 0.1) is 6.61 Å². The van der Waals surface area contributed by atoms with E-state index in [9.17, 15) is 0 Å². The highest BCUT2D eigenvalue weighted by atomic mass is 16.5. The number of hydrogen-bond donors (Lipinski definition) is 1. The number of aryl methyl sites for hydroxylation is 2. The van der Waals surface area contributed by atoms with E-state index in [2.05, 4.69) is 15.1 Å². The maximum atomic E-state index is 5.82. The van der Waals surface area contributed by atoms with E-state index in [0.29, 0.717) is 18.3 Å². The van der Waals surface area contributed by atoms with Gasteiger partial charge in [0.15, 0.2) is 0 Å².